The number of hydrogen-bond acceptors (Lipinski definition) is 2. The molecule has 19 heavy (non-hydrogen) atoms. The van der Waals surface area contributed by atoms with Gasteiger partial charge in [0.15, 0.2) is 0 Å². The first-order chi connectivity index (χ1) is 8.89. The van der Waals surface area contributed by atoms with Crippen LogP contribution in [0.4, 0.5) is 0 Å². The van der Waals surface area contributed by atoms with Gasteiger partial charge in [-0.3, -0.25) is 4.79 Å². The molecule has 0 spiro atoms. The van der Waals surface area contributed by atoms with Crippen LogP contribution in [0, 0.1) is 5.41 Å². The summed E-state index contributed by atoms with van der Waals surface area (Å²) in [6.07, 6.45) is 1.46. The van der Waals surface area contributed by atoms with Gasteiger partial charge in [-0.15, -0.1) is 0 Å². The Kier molecular flexibility index (Phi) is 6.03. The van der Waals surface area contributed by atoms with E-state index in [1.54, 1.807) is 0 Å². The Morgan fingerprint density at radius 1 is 1.26 bits per heavy atom. The third-order valence-corrected chi connectivity index (χ3v) is 3.22. The van der Waals surface area contributed by atoms with Crippen LogP contribution in [0.15, 0.2) is 30.3 Å². The minimum absolute atomic E-state index is 0.0463. The second-order valence-corrected chi connectivity index (χ2v) is 6.01. The number of aliphatic hydroxyl groups excluding tert-OH is 1. The average Bonchev–Trinajstić information content (AvgIpc) is 2.36. The maximum atomic E-state index is 11.7. The molecule has 0 aliphatic heterocycles. The van der Waals surface area contributed by atoms with Gasteiger partial charge in [0.05, 0.1) is 6.10 Å². The molecule has 1 atom stereocenters. The topological polar surface area (TPSA) is 49.3 Å². The molecule has 3 nitrogen and oxygen atoms in total. The van der Waals surface area contributed by atoms with E-state index in [4.69, 9.17) is 0 Å². The lowest BCUT2D eigenvalue weighted by Crippen LogP contribution is -2.32. The number of hydrogen-bond donors (Lipinski definition) is 2. The predicted molar refractivity (Wildman–Crippen MR) is 77.9 cm³/mol. The first-order valence-electron chi connectivity index (χ1n) is 6.88. The van der Waals surface area contributed by atoms with Gasteiger partial charge in [0, 0.05) is 13.0 Å². The van der Waals surface area contributed by atoms with E-state index in [1.165, 1.54) is 5.56 Å². The fourth-order valence-corrected chi connectivity index (χ4v) is 1.77. The van der Waals surface area contributed by atoms with Crippen LogP contribution in [-0.4, -0.2) is 23.7 Å². The van der Waals surface area contributed by atoms with Crippen molar-refractivity contribution in [2.24, 2.45) is 5.41 Å². The summed E-state index contributed by atoms with van der Waals surface area (Å²) in [6.45, 7) is 6.52. The van der Waals surface area contributed by atoms with E-state index < -0.39 is 0 Å². The Balaban J connectivity index is 2.19. The summed E-state index contributed by atoms with van der Waals surface area (Å²) < 4.78 is 0. The molecule has 0 saturated heterocycles. The van der Waals surface area contributed by atoms with Crippen LogP contribution in [0.2, 0.25) is 0 Å². The van der Waals surface area contributed by atoms with Gasteiger partial charge in [-0.2, -0.15) is 0 Å². The molecule has 1 rings (SSSR count). The van der Waals surface area contributed by atoms with E-state index in [-0.39, 0.29) is 17.4 Å². The maximum Gasteiger partial charge on any atom is 0.220 e. The van der Waals surface area contributed by atoms with Crippen molar-refractivity contribution in [3.8, 4) is 0 Å². The molecule has 0 saturated carbocycles. The summed E-state index contributed by atoms with van der Waals surface area (Å²) >= 11 is 0. The minimum Gasteiger partial charge on any atom is -0.393 e. The van der Waals surface area contributed by atoms with Crippen LogP contribution in [-0.2, 0) is 11.2 Å². The lowest BCUT2D eigenvalue weighted by molar-refractivity contribution is -0.121. The van der Waals surface area contributed by atoms with Crippen molar-refractivity contribution < 1.29 is 9.90 Å². The van der Waals surface area contributed by atoms with Crippen LogP contribution in [0.25, 0.3) is 0 Å². The fourth-order valence-electron chi connectivity index (χ4n) is 1.77. The highest BCUT2D eigenvalue weighted by Crippen LogP contribution is 2.20. The van der Waals surface area contributed by atoms with Gasteiger partial charge in [0.1, 0.15) is 0 Å². The zero-order valence-corrected chi connectivity index (χ0v) is 12.1. The van der Waals surface area contributed by atoms with Gasteiger partial charge in [-0.05, 0) is 23.8 Å². The van der Waals surface area contributed by atoms with Crippen molar-refractivity contribution in [2.45, 2.75) is 46.1 Å². The van der Waals surface area contributed by atoms with Gasteiger partial charge in [0.2, 0.25) is 5.91 Å². The molecule has 0 aromatic heterocycles. The Hall–Kier alpha value is -1.35. The number of nitrogens with one attached hydrogen (secondary N) is 1. The minimum atomic E-state index is -0.387. The van der Waals surface area contributed by atoms with Crippen molar-refractivity contribution in [2.75, 3.05) is 6.54 Å². The zero-order chi connectivity index (χ0) is 14.3. The van der Waals surface area contributed by atoms with E-state index in [2.05, 4.69) is 5.32 Å². The Labute approximate surface area is 116 Å². The third kappa shape index (κ3) is 6.39. The van der Waals surface area contributed by atoms with E-state index in [9.17, 15) is 9.90 Å². The van der Waals surface area contributed by atoms with Crippen LogP contribution in [0.3, 0.4) is 0 Å². The largest absolute Gasteiger partial charge is 0.393 e. The quantitative estimate of drug-likeness (QED) is 0.828. The van der Waals surface area contributed by atoms with Crippen LogP contribution < -0.4 is 5.32 Å². The molecule has 0 unspecified atom stereocenters. The molecular weight excluding hydrogens is 238 g/mol. The summed E-state index contributed by atoms with van der Waals surface area (Å²) in [6, 6.07) is 9.98. The second kappa shape index (κ2) is 7.29. The number of carbonyl (C=O) groups excluding carboxylic acids is 1. The summed E-state index contributed by atoms with van der Waals surface area (Å²) in [5.41, 5.74) is 1.04. The summed E-state index contributed by atoms with van der Waals surface area (Å²) in [5, 5.41) is 12.7. The number of aliphatic hydroxyl groups is 1. The molecule has 0 aliphatic rings. The molecule has 1 amide bonds. The number of amides is 1. The van der Waals surface area contributed by atoms with E-state index in [0.29, 0.717) is 19.4 Å². The van der Waals surface area contributed by atoms with Gasteiger partial charge >= 0.3 is 0 Å². The van der Waals surface area contributed by atoms with E-state index in [0.717, 1.165) is 6.42 Å². The summed E-state index contributed by atoms with van der Waals surface area (Å²) in [4.78, 5) is 11.7. The van der Waals surface area contributed by atoms with E-state index >= 15 is 0 Å². The number of benzene rings is 1. The van der Waals surface area contributed by atoms with Crippen LogP contribution in [0.5, 0.6) is 0 Å². The first kappa shape index (κ1) is 15.7. The monoisotopic (exact) mass is 263 g/mol. The number of rotatable bonds is 6. The predicted octanol–water partition coefficient (Wildman–Crippen LogP) is 2.53. The highest BCUT2D eigenvalue weighted by molar-refractivity contribution is 5.76. The van der Waals surface area contributed by atoms with Crippen molar-refractivity contribution in [1.82, 2.24) is 5.32 Å². The molecule has 106 valence electrons. The highest BCUT2D eigenvalue weighted by atomic mass is 16.3. The smallest absolute Gasteiger partial charge is 0.220 e. The highest BCUT2D eigenvalue weighted by Gasteiger charge is 2.21. The Bertz CT molecular complexity index is 381. The van der Waals surface area contributed by atoms with Crippen LogP contribution in [0.1, 0.15) is 39.2 Å². The molecule has 0 fully saturated rings. The SMILES string of the molecule is CC(C)(C)[C@H](O)CCNC(=O)CCc1ccccc1. The molecule has 0 radical (unpaired) electrons. The zero-order valence-electron chi connectivity index (χ0n) is 12.1. The van der Waals surface area contributed by atoms with Gasteiger partial charge in [-0.25, -0.2) is 0 Å². The number of aryl methyl sites for hydroxylation is 1. The Morgan fingerprint density at radius 3 is 2.47 bits per heavy atom. The lowest BCUT2D eigenvalue weighted by atomic mass is 9.87. The van der Waals surface area contributed by atoms with Crippen molar-refractivity contribution in [3.63, 3.8) is 0 Å². The molecular formula is C16H25NO2. The molecule has 2 N–H and O–H groups in total. The molecule has 0 aliphatic carbocycles. The third-order valence-electron chi connectivity index (χ3n) is 3.22. The van der Waals surface area contributed by atoms with Crippen molar-refractivity contribution in [3.05, 3.63) is 35.9 Å². The number of carbonyl (C=O) groups is 1. The van der Waals surface area contributed by atoms with Gasteiger partial charge in [-0.1, -0.05) is 51.1 Å². The summed E-state index contributed by atoms with van der Waals surface area (Å²) in [7, 11) is 0. The molecule has 1 aromatic carbocycles. The molecule has 0 bridgehead atoms. The van der Waals surface area contributed by atoms with Gasteiger partial charge in [0.25, 0.3) is 0 Å². The standard InChI is InChI=1S/C16H25NO2/c1-16(2,3)14(18)11-12-17-15(19)10-9-13-7-5-4-6-8-13/h4-8,14,18H,9-12H2,1-3H3,(H,17,19)/t14-/m1/s1. The van der Waals surface area contributed by atoms with Crippen molar-refractivity contribution >= 4 is 5.91 Å². The average molecular weight is 263 g/mol. The summed E-state index contributed by atoms with van der Waals surface area (Å²) in [5.74, 6) is 0.0463. The molecule has 1 aromatic rings. The van der Waals surface area contributed by atoms with Crippen molar-refractivity contribution in [1.29, 1.82) is 0 Å². The second-order valence-electron chi connectivity index (χ2n) is 6.01. The van der Waals surface area contributed by atoms with Gasteiger partial charge < -0.3 is 10.4 Å². The fraction of sp³-hybridized carbons (Fsp3) is 0.562. The van der Waals surface area contributed by atoms with Crippen LogP contribution >= 0.6 is 0 Å². The molecule has 0 heterocycles. The lowest BCUT2D eigenvalue weighted by Gasteiger charge is -2.25. The molecule has 3 heteroatoms. The maximum absolute atomic E-state index is 11.7. The Morgan fingerprint density at radius 2 is 1.89 bits per heavy atom. The first-order valence-corrected chi connectivity index (χ1v) is 6.88. The van der Waals surface area contributed by atoms with E-state index in [1.807, 2.05) is 51.1 Å². The normalized spacial score (nSPS) is 13.1.